The van der Waals surface area contributed by atoms with Gasteiger partial charge in [-0.25, -0.2) is 4.39 Å². The number of ether oxygens (including phenoxy) is 1. The van der Waals surface area contributed by atoms with Crippen molar-refractivity contribution in [2.75, 3.05) is 18.5 Å². The third-order valence-electron chi connectivity index (χ3n) is 4.91. The molecule has 0 radical (unpaired) electrons. The number of anilines is 1. The van der Waals surface area contributed by atoms with E-state index in [2.05, 4.69) is 5.32 Å². The van der Waals surface area contributed by atoms with Crippen LogP contribution in [0.3, 0.4) is 0 Å². The Morgan fingerprint density at radius 2 is 1.73 bits per heavy atom. The van der Waals surface area contributed by atoms with Gasteiger partial charge in [0.25, 0.3) is 11.8 Å². The Labute approximate surface area is 176 Å². The van der Waals surface area contributed by atoms with Crippen molar-refractivity contribution in [2.45, 2.75) is 40.2 Å². The summed E-state index contributed by atoms with van der Waals surface area (Å²) in [5, 5.41) is 3.05. The lowest BCUT2D eigenvalue weighted by atomic mass is 9.97. The van der Waals surface area contributed by atoms with E-state index in [1.807, 2.05) is 45.9 Å². The number of hydrogen-bond donors (Lipinski definition) is 1. The number of halogens is 1. The summed E-state index contributed by atoms with van der Waals surface area (Å²) in [4.78, 5) is 27.6. The molecule has 2 aromatic carbocycles. The first kappa shape index (κ1) is 21.7. The molecule has 1 aliphatic rings. The fraction of sp³-hybridized carbons (Fsp3) is 0.333. The first-order valence-electron chi connectivity index (χ1n) is 10.1. The van der Waals surface area contributed by atoms with E-state index in [9.17, 15) is 14.0 Å². The van der Waals surface area contributed by atoms with E-state index < -0.39 is 0 Å². The normalized spacial score (nSPS) is 14.3. The van der Waals surface area contributed by atoms with E-state index >= 15 is 0 Å². The number of rotatable bonds is 8. The highest BCUT2D eigenvalue weighted by atomic mass is 19.1. The molecule has 6 heteroatoms. The molecule has 2 amide bonds. The lowest BCUT2D eigenvalue weighted by Gasteiger charge is -2.16. The number of nitrogens with zero attached hydrogens (tertiary/aromatic N) is 1. The number of carbonyl (C=O) groups is 2. The van der Waals surface area contributed by atoms with E-state index in [-0.39, 0.29) is 36.0 Å². The number of amides is 2. The van der Waals surface area contributed by atoms with E-state index in [1.54, 1.807) is 12.1 Å². The molecule has 0 spiro atoms. The summed E-state index contributed by atoms with van der Waals surface area (Å²) in [5.74, 6) is -1.09. The molecule has 0 aromatic heterocycles. The molecule has 1 aliphatic heterocycles. The Morgan fingerprint density at radius 3 is 2.37 bits per heavy atom. The van der Waals surface area contributed by atoms with Gasteiger partial charge in [0.15, 0.2) is 0 Å². The zero-order valence-electron chi connectivity index (χ0n) is 17.8. The van der Waals surface area contributed by atoms with Gasteiger partial charge in [-0.15, -0.1) is 0 Å². The molecule has 3 rings (SSSR count). The van der Waals surface area contributed by atoms with Crippen LogP contribution in [0.1, 0.15) is 37.0 Å². The molecule has 30 heavy (non-hydrogen) atoms. The maximum absolute atomic E-state index is 13.3. The Balaban J connectivity index is 1.94. The number of aryl methyl sites for hydroxylation is 2. The van der Waals surface area contributed by atoms with Crippen LogP contribution < -0.4 is 5.32 Å². The third kappa shape index (κ3) is 4.76. The van der Waals surface area contributed by atoms with Gasteiger partial charge in [-0.3, -0.25) is 14.5 Å². The van der Waals surface area contributed by atoms with Gasteiger partial charge < -0.3 is 10.1 Å². The van der Waals surface area contributed by atoms with Crippen LogP contribution in [0.5, 0.6) is 0 Å². The monoisotopic (exact) mass is 410 g/mol. The third-order valence-corrected chi connectivity index (χ3v) is 4.91. The van der Waals surface area contributed by atoms with Crippen molar-refractivity contribution in [2.24, 2.45) is 0 Å². The van der Waals surface area contributed by atoms with Gasteiger partial charge in [0.05, 0.1) is 11.7 Å². The SMILES string of the molecule is Cc1ccc(C2=C(Nc3ccc(F)cc3)C(=O)N(CCCOC(C)C)C2=O)c(C)c1. The molecule has 0 fully saturated rings. The maximum Gasteiger partial charge on any atom is 0.278 e. The molecular formula is C24H27FN2O3. The van der Waals surface area contributed by atoms with Crippen molar-refractivity contribution in [1.82, 2.24) is 4.90 Å². The second kappa shape index (κ2) is 9.22. The first-order chi connectivity index (χ1) is 14.3. The Morgan fingerprint density at radius 1 is 1.03 bits per heavy atom. The number of carbonyl (C=O) groups excluding carboxylic acids is 2. The van der Waals surface area contributed by atoms with E-state index in [0.29, 0.717) is 29.9 Å². The highest BCUT2D eigenvalue weighted by Gasteiger charge is 2.39. The number of hydrogen-bond acceptors (Lipinski definition) is 4. The van der Waals surface area contributed by atoms with Gasteiger partial charge in [0.2, 0.25) is 0 Å². The summed E-state index contributed by atoms with van der Waals surface area (Å²) in [6.45, 7) is 8.52. The topological polar surface area (TPSA) is 58.6 Å². The summed E-state index contributed by atoms with van der Waals surface area (Å²) >= 11 is 0. The average Bonchev–Trinajstić information content (AvgIpc) is 2.91. The minimum Gasteiger partial charge on any atom is -0.379 e. The second-order valence-corrected chi connectivity index (χ2v) is 7.74. The lowest BCUT2D eigenvalue weighted by molar-refractivity contribution is -0.137. The van der Waals surface area contributed by atoms with Crippen molar-refractivity contribution in [1.29, 1.82) is 0 Å². The van der Waals surface area contributed by atoms with Gasteiger partial charge >= 0.3 is 0 Å². The van der Waals surface area contributed by atoms with E-state index in [0.717, 1.165) is 11.1 Å². The molecule has 0 saturated heterocycles. The first-order valence-corrected chi connectivity index (χ1v) is 10.1. The quantitative estimate of drug-likeness (QED) is 0.516. The summed E-state index contributed by atoms with van der Waals surface area (Å²) in [6, 6.07) is 11.5. The summed E-state index contributed by atoms with van der Waals surface area (Å²) < 4.78 is 18.8. The molecule has 1 heterocycles. The van der Waals surface area contributed by atoms with E-state index in [4.69, 9.17) is 4.74 Å². The second-order valence-electron chi connectivity index (χ2n) is 7.74. The molecule has 0 bridgehead atoms. The highest BCUT2D eigenvalue weighted by Crippen LogP contribution is 2.32. The Hall–Kier alpha value is -2.99. The number of nitrogens with one attached hydrogen (secondary N) is 1. The minimum absolute atomic E-state index is 0.0922. The smallest absolute Gasteiger partial charge is 0.278 e. The standard InChI is InChI=1S/C24H27FN2O3/c1-15(2)30-13-5-12-27-23(28)21(20-11-6-16(3)14-17(20)4)22(24(27)29)26-19-9-7-18(25)8-10-19/h6-11,14-15,26H,5,12-13H2,1-4H3. The fourth-order valence-electron chi connectivity index (χ4n) is 3.46. The van der Waals surface area contributed by atoms with Crippen molar-refractivity contribution < 1.29 is 18.7 Å². The van der Waals surface area contributed by atoms with Crippen LogP contribution in [0, 0.1) is 19.7 Å². The van der Waals surface area contributed by atoms with Crippen LogP contribution in [0.4, 0.5) is 10.1 Å². The van der Waals surface area contributed by atoms with Gasteiger partial charge in [-0.05, 0) is 69.5 Å². The largest absolute Gasteiger partial charge is 0.379 e. The summed E-state index contributed by atoms with van der Waals surface area (Å²) in [7, 11) is 0. The predicted octanol–water partition coefficient (Wildman–Crippen LogP) is 4.45. The minimum atomic E-state index is -0.385. The molecule has 1 N–H and O–H groups in total. The van der Waals surface area contributed by atoms with Gasteiger partial charge in [0, 0.05) is 18.8 Å². The molecule has 0 saturated carbocycles. The summed E-state index contributed by atoms with van der Waals surface area (Å²) in [5.41, 5.74) is 3.79. The zero-order chi connectivity index (χ0) is 21.8. The zero-order valence-corrected chi connectivity index (χ0v) is 17.8. The Bertz CT molecular complexity index is 980. The molecule has 0 aliphatic carbocycles. The van der Waals surface area contributed by atoms with Crippen LogP contribution >= 0.6 is 0 Å². The fourth-order valence-corrected chi connectivity index (χ4v) is 3.46. The number of benzene rings is 2. The van der Waals surface area contributed by atoms with Crippen molar-refractivity contribution in [3.05, 3.63) is 70.7 Å². The highest BCUT2D eigenvalue weighted by molar-refractivity contribution is 6.36. The maximum atomic E-state index is 13.3. The molecule has 0 atom stereocenters. The van der Waals surface area contributed by atoms with Crippen LogP contribution in [-0.4, -0.2) is 36.0 Å². The lowest BCUT2D eigenvalue weighted by Crippen LogP contribution is -2.34. The van der Waals surface area contributed by atoms with Crippen molar-refractivity contribution in [3.63, 3.8) is 0 Å². The van der Waals surface area contributed by atoms with Gasteiger partial charge in [0.1, 0.15) is 11.5 Å². The van der Waals surface area contributed by atoms with Crippen LogP contribution in [0.2, 0.25) is 0 Å². The number of imide groups is 1. The van der Waals surface area contributed by atoms with Gasteiger partial charge in [-0.2, -0.15) is 0 Å². The molecule has 158 valence electrons. The van der Waals surface area contributed by atoms with Crippen LogP contribution in [0.15, 0.2) is 48.2 Å². The molecular weight excluding hydrogens is 383 g/mol. The van der Waals surface area contributed by atoms with Crippen molar-refractivity contribution in [3.8, 4) is 0 Å². The van der Waals surface area contributed by atoms with Gasteiger partial charge in [-0.1, -0.05) is 23.8 Å². The van der Waals surface area contributed by atoms with E-state index in [1.165, 1.54) is 17.0 Å². The van der Waals surface area contributed by atoms with Crippen LogP contribution in [0.25, 0.3) is 5.57 Å². The molecule has 2 aromatic rings. The summed E-state index contributed by atoms with van der Waals surface area (Å²) in [6.07, 6.45) is 0.647. The molecule has 0 unspecified atom stereocenters. The average molecular weight is 410 g/mol. The Kier molecular flexibility index (Phi) is 6.67. The predicted molar refractivity (Wildman–Crippen MR) is 115 cm³/mol. The van der Waals surface area contributed by atoms with Crippen molar-refractivity contribution >= 4 is 23.1 Å². The van der Waals surface area contributed by atoms with Crippen LogP contribution in [-0.2, 0) is 14.3 Å². The molecule has 5 nitrogen and oxygen atoms in total.